The molecule has 0 aliphatic heterocycles. The van der Waals surface area contributed by atoms with Crippen molar-refractivity contribution in [2.75, 3.05) is 0 Å². The van der Waals surface area contributed by atoms with Crippen LogP contribution >= 0.6 is 0 Å². The van der Waals surface area contributed by atoms with Gasteiger partial charge in [-0.25, -0.2) is 0 Å². The van der Waals surface area contributed by atoms with Crippen LogP contribution < -0.4 is 11.1 Å². The molecule has 0 saturated heterocycles. The van der Waals surface area contributed by atoms with Crippen LogP contribution in [0.5, 0.6) is 0 Å². The number of aryl methyl sites for hydroxylation is 2. The Kier molecular flexibility index (Phi) is 4.76. The summed E-state index contributed by atoms with van der Waals surface area (Å²) in [5.74, 6) is -0.751. The van der Waals surface area contributed by atoms with Crippen molar-refractivity contribution in [1.82, 2.24) is 9.55 Å². The molecule has 0 amide bonds. The Bertz CT molecular complexity index is 1030. The summed E-state index contributed by atoms with van der Waals surface area (Å²) < 4.78 is 1.35. The zero-order valence-electron chi connectivity index (χ0n) is 15.3. The van der Waals surface area contributed by atoms with Crippen LogP contribution in [0.1, 0.15) is 76.3 Å². The van der Waals surface area contributed by atoms with Crippen LogP contribution in [0, 0.1) is 6.92 Å². The van der Waals surface area contributed by atoms with Crippen LogP contribution in [0.15, 0.2) is 21.7 Å². The number of aromatic nitrogens is 2. The lowest BCUT2D eigenvalue weighted by atomic mass is 9.84. The molecule has 136 valence electrons. The molecule has 2 aromatic heterocycles. The molecule has 1 N–H and O–H groups in total. The minimum Gasteiger partial charge on any atom is -0.318 e. The molecule has 0 fully saturated rings. The van der Waals surface area contributed by atoms with Crippen LogP contribution in [0.25, 0.3) is 0 Å². The summed E-state index contributed by atoms with van der Waals surface area (Å²) in [6.45, 7) is 5.93. The molecule has 0 spiro atoms. The lowest BCUT2D eigenvalue weighted by Crippen LogP contribution is -2.36. The number of fused-ring (bicyclic) bond motifs is 2. The van der Waals surface area contributed by atoms with Gasteiger partial charge in [0.2, 0.25) is 11.3 Å². The molecule has 0 saturated carbocycles. The first-order valence-electron chi connectivity index (χ1n) is 9.00. The van der Waals surface area contributed by atoms with Crippen LogP contribution in [0.3, 0.4) is 0 Å². The average Bonchev–Trinajstić information content (AvgIpc) is 2.59. The Labute approximate surface area is 150 Å². The van der Waals surface area contributed by atoms with Crippen LogP contribution in [-0.2, 0) is 13.0 Å². The van der Waals surface area contributed by atoms with Gasteiger partial charge in [-0.2, -0.15) is 0 Å². The van der Waals surface area contributed by atoms with Crippen molar-refractivity contribution in [3.05, 3.63) is 66.5 Å². The van der Waals surface area contributed by atoms with E-state index < -0.39 is 11.3 Å². The van der Waals surface area contributed by atoms with Crippen molar-refractivity contribution < 1.29 is 9.59 Å². The quantitative estimate of drug-likeness (QED) is 0.762. The predicted octanol–water partition coefficient (Wildman–Crippen LogP) is 2.37. The average molecular weight is 354 g/mol. The van der Waals surface area contributed by atoms with Gasteiger partial charge in [0.15, 0.2) is 5.78 Å². The Balaban J connectivity index is 2.34. The third-order valence-corrected chi connectivity index (χ3v) is 4.77. The van der Waals surface area contributed by atoms with E-state index in [0.717, 1.165) is 12.8 Å². The second-order valence-corrected chi connectivity index (χ2v) is 6.71. The number of carbonyl (C=O) groups excluding carboxylic acids is 2. The van der Waals surface area contributed by atoms with Crippen molar-refractivity contribution in [3.8, 4) is 0 Å². The van der Waals surface area contributed by atoms with E-state index in [-0.39, 0.29) is 33.9 Å². The molecule has 1 aliphatic rings. The minimum absolute atomic E-state index is 0.0101. The first kappa shape index (κ1) is 18.0. The number of pyridine rings is 2. The molecule has 6 nitrogen and oxygen atoms in total. The standard InChI is InChI=1S/C20H22N2O4/c1-4-6-7-12-10-13(23)21-17-16(12)19(25)15-11(3)9-14(24)22(8-5-2)18(15)20(17)26/h9-10H,4-8H2,1-3H3,(H,21,23). The molecule has 1 aliphatic carbocycles. The smallest absolute Gasteiger partial charge is 0.251 e. The molecule has 26 heavy (non-hydrogen) atoms. The van der Waals surface area contributed by atoms with E-state index >= 15 is 0 Å². The summed E-state index contributed by atoms with van der Waals surface area (Å²) in [6, 6.07) is 2.81. The number of carbonyl (C=O) groups is 2. The number of nitrogens with zero attached hydrogens (tertiary/aromatic N) is 1. The SMILES string of the molecule is CCCCc1cc(=O)[nH]c2c1C(=O)c1c(C)cc(=O)n(CCC)c1C2=O. The van der Waals surface area contributed by atoms with Gasteiger partial charge in [-0.1, -0.05) is 20.3 Å². The summed E-state index contributed by atoms with van der Waals surface area (Å²) in [4.78, 5) is 53.3. The fraction of sp³-hybridized carbons (Fsp3) is 0.400. The number of hydrogen-bond donors (Lipinski definition) is 1. The summed E-state index contributed by atoms with van der Waals surface area (Å²) in [7, 11) is 0. The van der Waals surface area contributed by atoms with E-state index in [1.165, 1.54) is 16.7 Å². The summed E-state index contributed by atoms with van der Waals surface area (Å²) >= 11 is 0. The zero-order valence-corrected chi connectivity index (χ0v) is 15.3. The number of ketones is 2. The van der Waals surface area contributed by atoms with E-state index in [1.807, 2.05) is 13.8 Å². The molecule has 2 aromatic rings. The number of H-pyrrole nitrogens is 1. The number of aromatic amines is 1. The van der Waals surface area contributed by atoms with Crippen molar-refractivity contribution in [2.45, 2.75) is 53.0 Å². The minimum atomic E-state index is -0.459. The van der Waals surface area contributed by atoms with E-state index in [4.69, 9.17) is 0 Å². The maximum Gasteiger partial charge on any atom is 0.251 e. The number of unbranched alkanes of at least 4 members (excludes halogenated alkanes) is 1. The van der Waals surface area contributed by atoms with Crippen molar-refractivity contribution >= 4 is 11.6 Å². The van der Waals surface area contributed by atoms with Gasteiger partial charge in [-0.05, 0) is 37.3 Å². The van der Waals surface area contributed by atoms with Crippen molar-refractivity contribution in [3.63, 3.8) is 0 Å². The third kappa shape index (κ3) is 2.75. The van der Waals surface area contributed by atoms with Gasteiger partial charge < -0.3 is 9.55 Å². The lowest BCUT2D eigenvalue weighted by Gasteiger charge is -2.24. The van der Waals surface area contributed by atoms with E-state index in [9.17, 15) is 19.2 Å². The maximum absolute atomic E-state index is 13.2. The third-order valence-electron chi connectivity index (χ3n) is 4.77. The molecule has 3 rings (SSSR count). The maximum atomic E-state index is 13.2. The molecule has 2 heterocycles. The van der Waals surface area contributed by atoms with Crippen LogP contribution in [0.2, 0.25) is 0 Å². The number of rotatable bonds is 5. The summed E-state index contributed by atoms with van der Waals surface area (Å²) in [6.07, 6.45) is 2.94. The van der Waals surface area contributed by atoms with Gasteiger partial charge in [0.25, 0.3) is 5.56 Å². The first-order chi connectivity index (χ1) is 12.4. The molecule has 0 atom stereocenters. The number of nitrogens with one attached hydrogen (secondary N) is 1. The second kappa shape index (κ2) is 6.86. The fourth-order valence-corrected chi connectivity index (χ4v) is 3.59. The van der Waals surface area contributed by atoms with Gasteiger partial charge in [0.05, 0.1) is 11.1 Å². The largest absolute Gasteiger partial charge is 0.318 e. The van der Waals surface area contributed by atoms with Gasteiger partial charge in [-0.3, -0.25) is 19.2 Å². The van der Waals surface area contributed by atoms with Gasteiger partial charge >= 0.3 is 0 Å². The Hall–Kier alpha value is -2.76. The molecule has 0 bridgehead atoms. The molecule has 0 unspecified atom stereocenters. The summed E-state index contributed by atoms with van der Waals surface area (Å²) in [5, 5.41) is 0. The first-order valence-corrected chi connectivity index (χ1v) is 9.00. The molecule has 0 aromatic carbocycles. The van der Waals surface area contributed by atoms with Gasteiger partial charge in [0.1, 0.15) is 11.4 Å². The van der Waals surface area contributed by atoms with Crippen LogP contribution in [0.4, 0.5) is 0 Å². The van der Waals surface area contributed by atoms with Crippen molar-refractivity contribution in [2.24, 2.45) is 0 Å². The lowest BCUT2D eigenvalue weighted by molar-refractivity contribution is 0.0965. The van der Waals surface area contributed by atoms with Crippen molar-refractivity contribution in [1.29, 1.82) is 0 Å². The molecule has 0 radical (unpaired) electrons. The highest BCUT2D eigenvalue weighted by Gasteiger charge is 2.36. The highest BCUT2D eigenvalue weighted by molar-refractivity contribution is 6.28. The topological polar surface area (TPSA) is 89.0 Å². The van der Waals surface area contributed by atoms with E-state index in [0.29, 0.717) is 30.5 Å². The molecule has 6 heteroatoms. The van der Waals surface area contributed by atoms with Crippen LogP contribution in [-0.4, -0.2) is 21.1 Å². The fourth-order valence-electron chi connectivity index (χ4n) is 3.59. The van der Waals surface area contributed by atoms with E-state index in [2.05, 4.69) is 4.98 Å². The highest BCUT2D eigenvalue weighted by Crippen LogP contribution is 2.29. The monoisotopic (exact) mass is 354 g/mol. The van der Waals surface area contributed by atoms with Gasteiger partial charge in [-0.15, -0.1) is 0 Å². The number of hydrogen-bond acceptors (Lipinski definition) is 4. The highest BCUT2D eigenvalue weighted by atomic mass is 16.2. The van der Waals surface area contributed by atoms with Gasteiger partial charge in [0, 0.05) is 18.7 Å². The van der Waals surface area contributed by atoms with E-state index in [1.54, 1.807) is 6.92 Å². The second-order valence-electron chi connectivity index (χ2n) is 6.71. The Morgan fingerprint density at radius 3 is 2.35 bits per heavy atom. The Morgan fingerprint density at radius 2 is 1.69 bits per heavy atom. The zero-order chi connectivity index (χ0) is 19.0. The summed E-state index contributed by atoms with van der Waals surface area (Å²) in [5.41, 5.74) is 1.04. The Morgan fingerprint density at radius 1 is 0.962 bits per heavy atom. The predicted molar refractivity (Wildman–Crippen MR) is 98.3 cm³/mol. The normalized spacial score (nSPS) is 12.9. The molecular weight excluding hydrogens is 332 g/mol. The molecular formula is C20H22N2O4.